The van der Waals surface area contributed by atoms with Crippen LogP contribution < -0.4 is 5.32 Å². The lowest BCUT2D eigenvalue weighted by Crippen LogP contribution is -2.27. The zero-order chi connectivity index (χ0) is 14.7. The fraction of sp³-hybridized carbons (Fsp3) is 0.188. The molecule has 0 aliphatic heterocycles. The van der Waals surface area contributed by atoms with E-state index in [4.69, 9.17) is 23.2 Å². The Morgan fingerprint density at radius 2 is 1.85 bits per heavy atom. The van der Waals surface area contributed by atoms with Crippen LogP contribution in [-0.2, 0) is 0 Å². The fourth-order valence-corrected chi connectivity index (χ4v) is 2.60. The molecule has 104 valence electrons. The average Bonchev–Trinajstić information content (AvgIpc) is 2.38. The van der Waals surface area contributed by atoms with E-state index in [1.807, 2.05) is 38.1 Å². The number of hydrogen-bond donors (Lipinski definition) is 1. The zero-order valence-corrected chi connectivity index (χ0v) is 12.8. The first-order valence-corrected chi connectivity index (χ1v) is 7.06. The largest absolute Gasteiger partial charge is 0.345 e. The number of carbonyl (C=O) groups excluding carboxylic acids is 1. The van der Waals surface area contributed by atoms with Crippen molar-refractivity contribution >= 4 is 29.1 Å². The molecule has 0 aliphatic rings. The Bertz CT molecular complexity index is 640. The lowest BCUT2D eigenvalue weighted by molar-refractivity contribution is 0.0939. The maximum absolute atomic E-state index is 12.2. The molecule has 2 nitrogen and oxygen atoms in total. The number of nitrogens with one attached hydrogen (secondary N) is 1. The van der Waals surface area contributed by atoms with Crippen LogP contribution in [0, 0.1) is 6.92 Å². The Morgan fingerprint density at radius 3 is 2.50 bits per heavy atom. The Morgan fingerprint density at radius 1 is 1.15 bits per heavy atom. The molecular formula is C16H15Cl2NO. The van der Waals surface area contributed by atoms with Crippen LogP contribution in [0.2, 0.25) is 10.0 Å². The van der Waals surface area contributed by atoms with Gasteiger partial charge in [0.25, 0.3) is 5.91 Å². The van der Waals surface area contributed by atoms with Crippen molar-refractivity contribution < 1.29 is 4.79 Å². The second kappa shape index (κ2) is 6.29. The molecule has 2 aromatic rings. The van der Waals surface area contributed by atoms with Crippen molar-refractivity contribution in [2.45, 2.75) is 19.9 Å². The molecule has 2 rings (SSSR count). The number of aryl methyl sites for hydroxylation is 1. The van der Waals surface area contributed by atoms with E-state index in [9.17, 15) is 4.79 Å². The summed E-state index contributed by atoms with van der Waals surface area (Å²) in [6.07, 6.45) is 0. The highest BCUT2D eigenvalue weighted by Crippen LogP contribution is 2.26. The molecule has 1 atom stereocenters. The minimum atomic E-state index is -0.188. The van der Waals surface area contributed by atoms with Crippen molar-refractivity contribution in [2.75, 3.05) is 0 Å². The molecule has 0 saturated heterocycles. The molecule has 0 bridgehead atoms. The standard InChI is InChI=1S/C16H15Cl2NO/c1-10-5-3-4-6-13(10)16(20)19-11(2)14-8-7-12(17)9-15(14)18/h3-9,11H,1-2H3,(H,19,20)/t11-/m1/s1. The molecule has 0 spiro atoms. The summed E-state index contributed by atoms with van der Waals surface area (Å²) < 4.78 is 0. The van der Waals surface area contributed by atoms with Crippen LogP contribution in [-0.4, -0.2) is 5.91 Å². The topological polar surface area (TPSA) is 29.1 Å². The van der Waals surface area contributed by atoms with Crippen molar-refractivity contribution in [3.63, 3.8) is 0 Å². The Labute approximate surface area is 128 Å². The summed E-state index contributed by atoms with van der Waals surface area (Å²) >= 11 is 12.0. The first-order chi connectivity index (χ1) is 9.49. The van der Waals surface area contributed by atoms with E-state index in [1.54, 1.807) is 18.2 Å². The number of amides is 1. The van der Waals surface area contributed by atoms with Gasteiger partial charge in [0.2, 0.25) is 0 Å². The Balaban J connectivity index is 2.17. The molecule has 0 radical (unpaired) electrons. The van der Waals surface area contributed by atoms with Crippen LogP contribution in [0.1, 0.15) is 34.5 Å². The van der Waals surface area contributed by atoms with Gasteiger partial charge >= 0.3 is 0 Å². The van der Waals surface area contributed by atoms with Gasteiger partial charge in [-0.25, -0.2) is 0 Å². The van der Waals surface area contributed by atoms with E-state index in [0.29, 0.717) is 15.6 Å². The number of rotatable bonds is 3. The summed E-state index contributed by atoms with van der Waals surface area (Å²) in [5, 5.41) is 4.08. The van der Waals surface area contributed by atoms with Gasteiger partial charge < -0.3 is 5.32 Å². The highest BCUT2D eigenvalue weighted by molar-refractivity contribution is 6.35. The van der Waals surface area contributed by atoms with Crippen molar-refractivity contribution in [1.29, 1.82) is 0 Å². The summed E-state index contributed by atoms with van der Waals surface area (Å²) in [6.45, 7) is 3.81. The third-order valence-electron chi connectivity index (χ3n) is 3.17. The molecule has 0 aromatic heterocycles. The summed E-state index contributed by atoms with van der Waals surface area (Å²) in [5.74, 6) is -0.110. The third kappa shape index (κ3) is 3.33. The predicted octanol–water partition coefficient (Wildman–Crippen LogP) is 4.79. The maximum atomic E-state index is 12.2. The quantitative estimate of drug-likeness (QED) is 0.867. The zero-order valence-electron chi connectivity index (χ0n) is 11.3. The van der Waals surface area contributed by atoms with Gasteiger partial charge in [-0.15, -0.1) is 0 Å². The van der Waals surface area contributed by atoms with Crippen molar-refractivity contribution in [1.82, 2.24) is 5.32 Å². The van der Waals surface area contributed by atoms with E-state index >= 15 is 0 Å². The molecule has 2 aromatic carbocycles. The van der Waals surface area contributed by atoms with Gasteiger partial charge in [-0.1, -0.05) is 47.5 Å². The minimum absolute atomic E-state index is 0.110. The van der Waals surface area contributed by atoms with Gasteiger partial charge in [0.15, 0.2) is 0 Å². The van der Waals surface area contributed by atoms with Crippen LogP contribution in [0.5, 0.6) is 0 Å². The number of halogens is 2. The molecule has 0 heterocycles. The number of hydrogen-bond acceptors (Lipinski definition) is 1. The lowest BCUT2D eigenvalue weighted by atomic mass is 10.1. The normalized spacial score (nSPS) is 12.0. The van der Waals surface area contributed by atoms with Gasteiger partial charge in [-0.3, -0.25) is 4.79 Å². The Kier molecular flexibility index (Phi) is 4.69. The monoisotopic (exact) mass is 307 g/mol. The van der Waals surface area contributed by atoms with Crippen LogP contribution in [0.3, 0.4) is 0 Å². The molecule has 1 amide bonds. The van der Waals surface area contributed by atoms with Crippen molar-refractivity contribution in [3.05, 3.63) is 69.2 Å². The van der Waals surface area contributed by atoms with E-state index in [0.717, 1.165) is 11.1 Å². The summed E-state index contributed by atoms with van der Waals surface area (Å²) in [7, 11) is 0. The highest BCUT2D eigenvalue weighted by atomic mass is 35.5. The van der Waals surface area contributed by atoms with Crippen LogP contribution in [0.4, 0.5) is 0 Å². The van der Waals surface area contributed by atoms with Gasteiger partial charge in [0.05, 0.1) is 6.04 Å². The maximum Gasteiger partial charge on any atom is 0.252 e. The summed E-state index contributed by atoms with van der Waals surface area (Å²) in [4.78, 5) is 12.2. The van der Waals surface area contributed by atoms with Gasteiger partial charge in [-0.2, -0.15) is 0 Å². The fourth-order valence-electron chi connectivity index (χ4n) is 2.03. The van der Waals surface area contributed by atoms with Crippen LogP contribution in [0.25, 0.3) is 0 Å². The van der Waals surface area contributed by atoms with Crippen molar-refractivity contribution in [2.24, 2.45) is 0 Å². The average molecular weight is 308 g/mol. The molecule has 20 heavy (non-hydrogen) atoms. The van der Waals surface area contributed by atoms with Gasteiger partial charge in [-0.05, 0) is 43.2 Å². The number of carbonyl (C=O) groups is 1. The number of benzene rings is 2. The third-order valence-corrected chi connectivity index (χ3v) is 3.73. The molecule has 1 N–H and O–H groups in total. The summed E-state index contributed by atoms with van der Waals surface area (Å²) in [6, 6.07) is 12.6. The molecule has 4 heteroatoms. The molecule has 0 saturated carbocycles. The smallest absolute Gasteiger partial charge is 0.252 e. The van der Waals surface area contributed by atoms with E-state index in [-0.39, 0.29) is 11.9 Å². The predicted molar refractivity (Wildman–Crippen MR) is 83.5 cm³/mol. The van der Waals surface area contributed by atoms with Gasteiger partial charge in [0, 0.05) is 15.6 Å². The SMILES string of the molecule is Cc1ccccc1C(=O)N[C@H](C)c1ccc(Cl)cc1Cl. The first-order valence-electron chi connectivity index (χ1n) is 6.30. The lowest BCUT2D eigenvalue weighted by Gasteiger charge is -2.16. The van der Waals surface area contributed by atoms with E-state index in [2.05, 4.69) is 5.32 Å². The van der Waals surface area contributed by atoms with Crippen molar-refractivity contribution in [3.8, 4) is 0 Å². The van der Waals surface area contributed by atoms with E-state index in [1.165, 1.54) is 0 Å². The molecular weight excluding hydrogens is 293 g/mol. The van der Waals surface area contributed by atoms with Crippen LogP contribution >= 0.6 is 23.2 Å². The van der Waals surface area contributed by atoms with Gasteiger partial charge in [0.1, 0.15) is 0 Å². The Hall–Kier alpha value is -1.51. The highest BCUT2D eigenvalue weighted by Gasteiger charge is 2.15. The second-order valence-electron chi connectivity index (χ2n) is 4.68. The second-order valence-corrected chi connectivity index (χ2v) is 5.52. The minimum Gasteiger partial charge on any atom is -0.345 e. The molecule has 0 unspecified atom stereocenters. The summed E-state index contributed by atoms with van der Waals surface area (Å²) in [5.41, 5.74) is 2.46. The van der Waals surface area contributed by atoms with Crippen LogP contribution in [0.15, 0.2) is 42.5 Å². The first kappa shape index (κ1) is 14.9. The molecule has 0 fully saturated rings. The van der Waals surface area contributed by atoms with E-state index < -0.39 is 0 Å². The molecule has 0 aliphatic carbocycles.